The first-order valence-electron chi connectivity index (χ1n) is 7.82. The number of rotatable bonds is 3. The molecule has 23 heavy (non-hydrogen) atoms. The number of fused-ring (bicyclic) bond motifs is 1. The first-order valence-corrected chi connectivity index (χ1v) is 7.82. The van der Waals surface area contributed by atoms with E-state index in [0.717, 1.165) is 5.56 Å². The maximum absolute atomic E-state index is 12.5. The van der Waals surface area contributed by atoms with Crippen molar-refractivity contribution in [3.8, 4) is 11.5 Å². The molecule has 4 nitrogen and oxygen atoms in total. The molecule has 0 spiro atoms. The maximum atomic E-state index is 12.5. The highest BCUT2D eigenvalue weighted by molar-refractivity contribution is 5.95. The molecule has 0 fully saturated rings. The van der Waals surface area contributed by atoms with Crippen molar-refractivity contribution in [3.63, 3.8) is 0 Å². The Bertz CT molecular complexity index is 739. The zero-order chi connectivity index (χ0) is 16.4. The van der Waals surface area contributed by atoms with Crippen molar-refractivity contribution in [3.05, 3.63) is 58.7 Å². The van der Waals surface area contributed by atoms with Gasteiger partial charge in [0.25, 0.3) is 5.91 Å². The fourth-order valence-corrected chi connectivity index (χ4v) is 2.58. The number of hydrogen-bond donors (Lipinski definition) is 1. The Morgan fingerprint density at radius 3 is 2.48 bits per heavy atom. The van der Waals surface area contributed by atoms with Gasteiger partial charge in [-0.15, -0.1) is 0 Å². The van der Waals surface area contributed by atoms with Crippen LogP contribution in [-0.2, 0) is 0 Å². The lowest BCUT2D eigenvalue weighted by atomic mass is 10.0. The fraction of sp³-hybridized carbons (Fsp3) is 0.316. The molecule has 1 N–H and O–H groups in total. The van der Waals surface area contributed by atoms with Gasteiger partial charge in [0, 0.05) is 5.56 Å². The second-order valence-electron chi connectivity index (χ2n) is 5.90. The molecule has 0 radical (unpaired) electrons. The van der Waals surface area contributed by atoms with E-state index < -0.39 is 0 Å². The summed E-state index contributed by atoms with van der Waals surface area (Å²) in [4.78, 5) is 12.5. The minimum atomic E-state index is -0.118. The molecule has 1 atom stereocenters. The molecule has 0 unspecified atom stereocenters. The number of amides is 1. The number of aryl methyl sites for hydroxylation is 2. The van der Waals surface area contributed by atoms with Crippen molar-refractivity contribution in [2.75, 3.05) is 13.2 Å². The molecule has 0 saturated carbocycles. The van der Waals surface area contributed by atoms with Gasteiger partial charge in [-0.25, -0.2) is 0 Å². The van der Waals surface area contributed by atoms with Gasteiger partial charge < -0.3 is 14.8 Å². The molecule has 1 amide bonds. The van der Waals surface area contributed by atoms with Crippen molar-refractivity contribution in [1.82, 2.24) is 5.32 Å². The Hall–Kier alpha value is -2.49. The highest BCUT2D eigenvalue weighted by Gasteiger charge is 2.16. The normalized spacial score (nSPS) is 14.2. The third-order valence-corrected chi connectivity index (χ3v) is 4.18. The van der Waals surface area contributed by atoms with Crippen LogP contribution in [0.1, 0.15) is 40.0 Å². The molecule has 3 rings (SSSR count). The lowest BCUT2D eigenvalue weighted by Gasteiger charge is -2.19. The number of ether oxygens (including phenoxy) is 2. The second kappa shape index (κ2) is 6.32. The minimum Gasteiger partial charge on any atom is -0.486 e. The lowest BCUT2D eigenvalue weighted by Crippen LogP contribution is -2.27. The van der Waals surface area contributed by atoms with Crippen molar-refractivity contribution in [2.24, 2.45) is 0 Å². The van der Waals surface area contributed by atoms with Crippen molar-refractivity contribution in [2.45, 2.75) is 26.8 Å². The molecule has 4 heteroatoms. The SMILES string of the molecule is Cc1ccc([C@H](C)NC(=O)c2ccc3c(c2)OCCO3)cc1C. The Kier molecular flexibility index (Phi) is 4.24. The maximum Gasteiger partial charge on any atom is 0.251 e. The van der Waals surface area contributed by atoms with Gasteiger partial charge in [0.2, 0.25) is 0 Å². The van der Waals surface area contributed by atoms with Crippen LogP contribution >= 0.6 is 0 Å². The molecule has 1 heterocycles. The fourth-order valence-electron chi connectivity index (χ4n) is 2.58. The Morgan fingerprint density at radius 2 is 1.74 bits per heavy atom. The predicted octanol–water partition coefficient (Wildman–Crippen LogP) is 3.57. The molecular formula is C19H21NO3. The summed E-state index contributed by atoms with van der Waals surface area (Å²) in [5.74, 6) is 1.20. The summed E-state index contributed by atoms with van der Waals surface area (Å²) in [5, 5.41) is 3.03. The van der Waals surface area contributed by atoms with Crippen LogP contribution in [0.3, 0.4) is 0 Å². The quantitative estimate of drug-likeness (QED) is 0.942. The van der Waals surface area contributed by atoms with E-state index in [9.17, 15) is 4.79 Å². The van der Waals surface area contributed by atoms with Gasteiger partial charge in [-0.1, -0.05) is 18.2 Å². The summed E-state index contributed by atoms with van der Waals surface area (Å²) in [6, 6.07) is 11.5. The molecule has 1 aliphatic heterocycles. The van der Waals surface area contributed by atoms with Crippen LogP contribution in [0.4, 0.5) is 0 Å². The van der Waals surface area contributed by atoms with Gasteiger partial charge >= 0.3 is 0 Å². The van der Waals surface area contributed by atoms with E-state index in [4.69, 9.17) is 9.47 Å². The van der Waals surface area contributed by atoms with Crippen LogP contribution in [0.15, 0.2) is 36.4 Å². The Labute approximate surface area is 136 Å². The van der Waals surface area contributed by atoms with E-state index >= 15 is 0 Å². The van der Waals surface area contributed by atoms with E-state index in [1.807, 2.05) is 6.92 Å². The largest absolute Gasteiger partial charge is 0.486 e. The van der Waals surface area contributed by atoms with Crippen LogP contribution < -0.4 is 14.8 Å². The summed E-state index contributed by atoms with van der Waals surface area (Å²) in [7, 11) is 0. The smallest absolute Gasteiger partial charge is 0.251 e. The number of carbonyl (C=O) groups is 1. The van der Waals surface area contributed by atoms with Crippen molar-refractivity contribution >= 4 is 5.91 Å². The molecule has 0 aliphatic carbocycles. The van der Waals surface area contributed by atoms with Crippen molar-refractivity contribution < 1.29 is 14.3 Å². The van der Waals surface area contributed by atoms with Gasteiger partial charge in [-0.3, -0.25) is 4.79 Å². The standard InChI is InChI=1S/C19H21NO3/c1-12-4-5-15(10-13(12)2)14(3)20-19(21)16-6-7-17-18(11-16)23-9-8-22-17/h4-7,10-11,14H,8-9H2,1-3H3,(H,20,21)/t14-/m0/s1. The highest BCUT2D eigenvalue weighted by Crippen LogP contribution is 2.30. The van der Waals surface area contributed by atoms with Crippen LogP contribution in [0.2, 0.25) is 0 Å². The zero-order valence-corrected chi connectivity index (χ0v) is 13.7. The van der Waals surface area contributed by atoms with Crippen molar-refractivity contribution in [1.29, 1.82) is 0 Å². The van der Waals surface area contributed by atoms with E-state index in [-0.39, 0.29) is 11.9 Å². The molecule has 120 valence electrons. The van der Waals surface area contributed by atoms with Crippen LogP contribution in [0.5, 0.6) is 11.5 Å². The van der Waals surface area contributed by atoms with E-state index in [1.54, 1.807) is 18.2 Å². The number of benzene rings is 2. The Balaban J connectivity index is 1.74. The third kappa shape index (κ3) is 3.31. The van der Waals surface area contributed by atoms with Gasteiger partial charge in [0.15, 0.2) is 11.5 Å². The highest BCUT2D eigenvalue weighted by atomic mass is 16.6. The van der Waals surface area contributed by atoms with Crippen LogP contribution in [0.25, 0.3) is 0 Å². The summed E-state index contributed by atoms with van der Waals surface area (Å²) in [6.07, 6.45) is 0. The summed E-state index contributed by atoms with van der Waals surface area (Å²) >= 11 is 0. The van der Waals surface area contributed by atoms with Crippen LogP contribution in [0, 0.1) is 13.8 Å². The molecule has 0 bridgehead atoms. The Morgan fingerprint density at radius 1 is 1.00 bits per heavy atom. The number of hydrogen-bond acceptors (Lipinski definition) is 3. The van der Waals surface area contributed by atoms with Gasteiger partial charge in [0.05, 0.1) is 6.04 Å². The molecule has 2 aromatic rings. The van der Waals surface area contributed by atoms with Gasteiger partial charge in [-0.05, 0) is 55.7 Å². The minimum absolute atomic E-state index is 0.0602. The molecule has 0 saturated heterocycles. The number of carbonyl (C=O) groups excluding carboxylic acids is 1. The van der Waals surface area contributed by atoms with E-state index in [1.165, 1.54) is 11.1 Å². The monoisotopic (exact) mass is 311 g/mol. The van der Waals surface area contributed by atoms with Gasteiger partial charge in [-0.2, -0.15) is 0 Å². The number of nitrogens with one attached hydrogen (secondary N) is 1. The molecule has 2 aromatic carbocycles. The van der Waals surface area contributed by atoms with E-state index in [0.29, 0.717) is 30.3 Å². The van der Waals surface area contributed by atoms with Gasteiger partial charge in [0.1, 0.15) is 13.2 Å². The first kappa shape index (κ1) is 15.4. The zero-order valence-electron chi connectivity index (χ0n) is 13.7. The molecule has 1 aliphatic rings. The van der Waals surface area contributed by atoms with E-state index in [2.05, 4.69) is 37.4 Å². The summed E-state index contributed by atoms with van der Waals surface area (Å²) in [6.45, 7) is 7.20. The first-order chi connectivity index (χ1) is 11.0. The molecular weight excluding hydrogens is 290 g/mol. The third-order valence-electron chi connectivity index (χ3n) is 4.18. The average molecular weight is 311 g/mol. The summed E-state index contributed by atoms with van der Waals surface area (Å²) in [5.41, 5.74) is 4.14. The second-order valence-corrected chi connectivity index (χ2v) is 5.90. The topological polar surface area (TPSA) is 47.6 Å². The van der Waals surface area contributed by atoms with Crippen LogP contribution in [-0.4, -0.2) is 19.1 Å². The average Bonchev–Trinajstić information content (AvgIpc) is 2.56. The lowest BCUT2D eigenvalue weighted by molar-refractivity contribution is 0.0938. The predicted molar refractivity (Wildman–Crippen MR) is 89.2 cm³/mol. The molecule has 0 aromatic heterocycles. The summed E-state index contributed by atoms with van der Waals surface area (Å²) < 4.78 is 11.0.